The first kappa shape index (κ1) is 18.4. The van der Waals surface area contributed by atoms with Gasteiger partial charge in [-0.2, -0.15) is 13.2 Å². The highest BCUT2D eigenvalue weighted by Gasteiger charge is 2.35. The van der Waals surface area contributed by atoms with Crippen molar-refractivity contribution in [2.45, 2.75) is 30.8 Å². The van der Waals surface area contributed by atoms with E-state index in [1.54, 1.807) is 12.1 Å². The van der Waals surface area contributed by atoms with Gasteiger partial charge in [0.1, 0.15) is 11.8 Å². The number of halogens is 3. The molecule has 2 heterocycles. The summed E-state index contributed by atoms with van der Waals surface area (Å²) in [5, 5.41) is 12.6. The standard InChI is InChI=1S/C17H18F3N3O3/c18-17(19,20)11-5-2-1-4-10(11)14(24)9-21-16(25)13-8-12(22-23-13)15-6-3-7-26-15/h1-7,12-14,22-24H,8-9H2,(H,21,25). The predicted octanol–water partition coefficient (Wildman–Crippen LogP) is 2.06. The van der Waals surface area contributed by atoms with Gasteiger partial charge in [0, 0.05) is 6.54 Å². The summed E-state index contributed by atoms with van der Waals surface area (Å²) in [4.78, 5) is 12.2. The van der Waals surface area contributed by atoms with Crippen LogP contribution in [0.4, 0.5) is 13.2 Å². The first-order valence-electron chi connectivity index (χ1n) is 8.02. The number of rotatable bonds is 5. The molecule has 0 saturated carbocycles. The van der Waals surface area contributed by atoms with E-state index >= 15 is 0 Å². The van der Waals surface area contributed by atoms with Crippen LogP contribution in [0.1, 0.15) is 35.5 Å². The number of nitrogens with one attached hydrogen (secondary N) is 3. The SMILES string of the molecule is O=C(NCC(O)c1ccccc1C(F)(F)F)C1CC(c2ccco2)NN1. The molecule has 1 aromatic carbocycles. The summed E-state index contributed by atoms with van der Waals surface area (Å²) in [5.41, 5.74) is 4.54. The van der Waals surface area contributed by atoms with Crippen molar-refractivity contribution in [1.82, 2.24) is 16.2 Å². The van der Waals surface area contributed by atoms with Crippen LogP contribution in [0.25, 0.3) is 0 Å². The second-order valence-corrected chi connectivity index (χ2v) is 5.99. The zero-order valence-electron chi connectivity index (χ0n) is 13.6. The molecule has 3 rings (SSSR count). The number of hydrazine groups is 1. The lowest BCUT2D eigenvalue weighted by Crippen LogP contribution is -2.44. The van der Waals surface area contributed by atoms with Crippen LogP contribution in [-0.4, -0.2) is 23.6 Å². The van der Waals surface area contributed by atoms with Crippen LogP contribution in [0.2, 0.25) is 0 Å². The van der Waals surface area contributed by atoms with Crippen LogP contribution in [0.3, 0.4) is 0 Å². The van der Waals surface area contributed by atoms with Gasteiger partial charge in [-0.15, -0.1) is 0 Å². The van der Waals surface area contributed by atoms with Crippen molar-refractivity contribution in [2.24, 2.45) is 0 Å². The van der Waals surface area contributed by atoms with E-state index in [0.717, 1.165) is 6.07 Å². The number of hydrogen-bond acceptors (Lipinski definition) is 5. The third kappa shape index (κ3) is 4.06. The molecule has 4 N–H and O–H groups in total. The lowest BCUT2D eigenvalue weighted by molar-refractivity contribution is -0.139. The van der Waals surface area contributed by atoms with Gasteiger partial charge in [0.15, 0.2) is 0 Å². The number of furan rings is 1. The minimum absolute atomic E-state index is 0.184. The molecule has 3 unspecified atom stereocenters. The Balaban J connectivity index is 1.57. The highest BCUT2D eigenvalue weighted by molar-refractivity contribution is 5.82. The fraction of sp³-hybridized carbons (Fsp3) is 0.353. The monoisotopic (exact) mass is 369 g/mol. The Hall–Kier alpha value is -2.36. The first-order chi connectivity index (χ1) is 12.4. The second-order valence-electron chi connectivity index (χ2n) is 5.99. The largest absolute Gasteiger partial charge is 0.468 e. The van der Waals surface area contributed by atoms with Gasteiger partial charge in [0.2, 0.25) is 5.91 Å². The lowest BCUT2D eigenvalue weighted by atomic mass is 10.0. The molecule has 1 fully saturated rings. The Labute approximate surface area is 147 Å². The molecule has 0 bridgehead atoms. The van der Waals surface area contributed by atoms with Gasteiger partial charge in [-0.25, -0.2) is 10.9 Å². The van der Waals surface area contributed by atoms with Crippen LogP contribution in [-0.2, 0) is 11.0 Å². The van der Waals surface area contributed by atoms with Crippen LogP contribution in [0, 0.1) is 0 Å². The minimum atomic E-state index is -4.57. The van der Waals surface area contributed by atoms with Gasteiger partial charge in [-0.1, -0.05) is 18.2 Å². The molecule has 9 heteroatoms. The maximum atomic E-state index is 13.0. The molecule has 1 saturated heterocycles. The molecule has 1 amide bonds. The average Bonchev–Trinajstić information content (AvgIpc) is 3.29. The zero-order valence-corrected chi connectivity index (χ0v) is 13.6. The zero-order chi connectivity index (χ0) is 18.7. The van der Waals surface area contributed by atoms with Crippen molar-refractivity contribution in [3.05, 3.63) is 59.5 Å². The molecule has 140 valence electrons. The van der Waals surface area contributed by atoms with Gasteiger partial charge in [0.05, 0.1) is 24.0 Å². The molecule has 1 aliphatic rings. The molecule has 6 nitrogen and oxygen atoms in total. The van der Waals surface area contributed by atoms with Crippen molar-refractivity contribution >= 4 is 5.91 Å². The van der Waals surface area contributed by atoms with Gasteiger partial charge >= 0.3 is 6.18 Å². The van der Waals surface area contributed by atoms with Crippen LogP contribution < -0.4 is 16.2 Å². The minimum Gasteiger partial charge on any atom is -0.468 e. The Morgan fingerprint density at radius 3 is 2.73 bits per heavy atom. The molecule has 3 atom stereocenters. The van der Waals surface area contributed by atoms with E-state index in [0.29, 0.717) is 12.2 Å². The van der Waals surface area contributed by atoms with Gasteiger partial charge < -0.3 is 14.8 Å². The lowest BCUT2D eigenvalue weighted by Gasteiger charge is -2.18. The van der Waals surface area contributed by atoms with Gasteiger partial charge in [-0.05, 0) is 30.2 Å². The molecular formula is C17H18F3N3O3. The normalized spacial score (nSPS) is 21.5. The van der Waals surface area contributed by atoms with E-state index in [2.05, 4.69) is 16.2 Å². The molecule has 0 spiro atoms. The maximum Gasteiger partial charge on any atom is 0.416 e. The molecule has 0 aliphatic carbocycles. The number of carbonyl (C=O) groups excluding carboxylic acids is 1. The van der Waals surface area contributed by atoms with Crippen molar-refractivity contribution in [3.63, 3.8) is 0 Å². The third-order valence-corrected chi connectivity index (χ3v) is 4.20. The fourth-order valence-electron chi connectivity index (χ4n) is 2.88. The summed E-state index contributed by atoms with van der Waals surface area (Å²) in [7, 11) is 0. The quantitative estimate of drug-likeness (QED) is 0.648. The van der Waals surface area contributed by atoms with Crippen LogP contribution >= 0.6 is 0 Å². The number of carbonyl (C=O) groups is 1. The number of hydrogen-bond donors (Lipinski definition) is 4. The van der Waals surface area contributed by atoms with E-state index in [1.807, 2.05) is 0 Å². The first-order valence-corrected chi connectivity index (χ1v) is 8.02. The van der Waals surface area contributed by atoms with Crippen LogP contribution in [0.15, 0.2) is 47.1 Å². The Morgan fingerprint density at radius 2 is 2.04 bits per heavy atom. The average molecular weight is 369 g/mol. The summed E-state index contributed by atoms with van der Waals surface area (Å²) in [5.74, 6) is 0.252. The number of aliphatic hydroxyl groups is 1. The van der Waals surface area contributed by atoms with Crippen molar-refractivity contribution in [2.75, 3.05) is 6.54 Å². The molecule has 1 aromatic heterocycles. The predicted molar refractivity (Wildman–Crippen MR) is 85.5 cm³/mol. The number of aliphatic hydroxyl groups excluding tert-OH is 1. The van der Waals surface area contributed by atoms with E-state index in [4.69, 9.17) is 4.42 Å². The van der Waals surface area contributed by atoms with Crippen LogP contribution in [0.5, 0.6) is 0 Å². The molecule has 2 aromatic rings. The summed E-state index contributed by atoms with van der Waals surface area (Å²) in [6, 6.07) is 7.49. The molecule has 26 heavy (non-hydrogen) atoms. The van der Waals surface area contributed by atoms with Crippen molar-refractivity contribution < 1.29 is 27.5 Å². The highest BCUT2D eigenvalue weighted by atomic mass is 19.4. The third-order valence-electron chi connectivity index (χ3n) is 4.20. The summed E-state index contributed by atoms with van der Waals surface area (Å²) >= 11 is 0. The number of alkyl halides is 3. The second kappa shape index (κ2) is 7.48. The summed E-state index contributed by atoms with van der Waals surface area (Å²) < 4.78 is 44.3. The summed E-state index contributed by atoms with van der Waals surface area (Å²) in [6.07, 6.45) is -4.10. The number of benzene rings is 1. The van der Waals surface area contributed by atoms with Crippen molar-refractivity contribution in [3.8, 4) is 0 Å². The van der Waals surface area contributed by atoms with Gasteiger partial charge in [-0.3, -0.25) is 4.79 Å². The van der Waals surface area contributed by atoms with E-state index < -0.39 is 29.8 Å². The highest BCUT2D eigenvalue weighted by Crippen LogP contribution is 2.34. The number of amides is 1. The Bertz CT molecular complexity index is 749. The Kier molecular flexibility index (Phi) is 5.30. The maximum absolute atomic E-state index is 13.0. The summed E-state index contributed by atoms with van der Waals surface area (Å²) in [6.45, 7) is -0.324. The van der Waals surface area contributed by atoms with E-state index in [1.165, 1.54) is 24.5 Å². The molecule has 1 aliphatic heterocycles. The van der Waals surface area contributed by atoms with E-state index in [-0.39, 0.29) is 18.2 Å². The fourth-order valence-corrected chi connectivity index (χ4v) is 2.88. The van der Waals surface area contributed by atoms with E-state index in [9.17, 15) is 23.1 Å². The topological polar surface area (TPSA) is 86.5 Å². The van der Waals surface area contributed by atoms with Gasteiger partial charge in [0.25, 0.3) is 0 Å². The molecule has 0 radical (unpaired) electrons. The smallest absolute Gasteiger partial charge is 0.416 e. The Morgan fingerprint density at radius 1 is 1.27 bits per heavy atom. The van der Waals surface area contributed by atoms with Crippen molar-refractivity contribution in [1.29, 1.82) is 0 Å². The molecular weight excluding hydrogens is 351 g/mol.